The van der Waals surface area contributed by atoms with E-state index in [1.54, 1.807) is 0 Å². The SMILES string of the molecule is OC(C(F)I)C(F)n1cnnn1. The molecule has 0 spiro atoms. The van der Waals surface area contributed by atoms with Crippen LogP contribution in [0.25, 0.3) is 0 Å². The zero-order chi connectivity index (χ0) is 9.14. The fourth-order valence-corrected chi connectivity index (χ4v) is 0.901. The van der Waals surface area contributed by atoms with Gasteiger partial charge in [-0.25, -0.2) is 8.78 Å². The van der Waals surface area contributed by atoms with E-state index in [0.717, 1.165) is 6.33 Å². The smallest absolute Gasteiger partial charge is 0.224 e. The molecule has 12 heavy (non-hydrogen) atoms. The third-order valence-corrected chi connectivity index (χ3v) is 1.89. The molecule has 0 saturated heterocycles. The van der Waals surface area contributed by atoms with E-state index in [2.05, 4.69) is 15.5 Å². The van der Waals surface area contributed by atoms with Crippen LogP contribution in [0.15, 0.2) is 6.33 Å². The van der Waals surface area contributed by atoms with Crippen LogP contribution in [0.5, 0.6) is 0 Å². The van der Waals surface area contributed by atoms with E-state index >= 15 is 0 Å². The fraction of sp³-hybridized carbons (Fsp3) is 0.750. The summed E-state index contributed by atoms with van der Waals surface area (Å²) in [7, 11) is 0. The molecule has 68 valence electrons. The van der Waals surface area contributed by atoms with Crippen molar-refractivity contribution in [3.8, 4) is 0 Å². The van der Waals surface area contributed by atoms with Crippen molar-refractivity contribution in [2.75, 3.05) is 0 Å². The number of nitrogens with zero attached hydrogens (tertiary/aromatic N) is 4. The van der Waals surface area contributed by atoms with Gasteiger partial charge in [0.25, 0.3) is 0 Å². The Morgan fingerprint density at radius 2 is 2.17 bits per heavy atom. The summed E-state index contributed by atoms with van der Waals surface area (Å²) < 4.78 is 24.2. The molecular weight excluding hydrogens is 285 g/mol. The van der Waals surface area contributed by atoms with Crippen molar-refractivity contribution in [1.29, 1.82) is 0 Å². The molecule has 1 aromatic rings. The van der Waals surface area contributed by atoms with Crippen LogP contribution in [0.1, 0.15) is 6.30 Å². The second-order valence-corrected chi connectivity index (χ2v) is 3.18. The van der Waals surface area contributed by atoms with Crippen LogP contribution < -0.4 is 0 Å². The Morgan fingerprint density at radius 3 is 2.58 bits per heavy atom. The molecule has 1 aromatic heterocycles. The molecule has 0 amide bonds. The van der Waals surface area contributed by atoms with E-state index in [1.165, 1.54) is 22.6 Å². The highest BCUT2D eigenvalue weighted by Gasteiger charge is 2.27. The summed E-state index contributed by atoms with van der Waals surface area (Å²) in [5.74, 6) is 0. The van der Waals surface area contributed by atoms with E-state index in [-0.39, 0.29) is 0 Å². The maximum absolute atomic E-state index is 12.9. The molecule has 0 aliphatic carbocycles. The number of hydrogen-bond donors (Lipinski definition) is 1. The molecule has 1 N–H and O–H groups in total. The van der Waals surface area contributed by atoms with Gasteiger partial charge < -0.3 is 5.11 Å². The van der Waals surface area contributed by atoms with E-state index in [9.17, 15) is 8.78 Å². The summed E-state index contributed by atoms with van der Waals surface area (Å²) in [6, 6.07) is 0. The van der Waals surface area contributed by atoms with Crippen molar-refractivity contribution in [2.24, 2.45) is 0 Å². The minimum Gasteiger partial charge on any atom is -0.384 e. The topological polar surface area (TPSA) is 63.8 Å². The Morgan fingerprint density at radius 1 is 1.50 bits per heavy atom. The van der Waals surface area contributed by atoms with Crippen LogP contribution in [0.4, 0.5) is 8.78 Å². The summed E-state index contributed by atoms with van der Waals surface area (Å²) >= 11 is 1.27. The van der Waals surface area contributed by atoms with Gasteiger partial charge in [-0.15, -0.1) is 5.10 Å². The van der Waals surface area contributed by atoms with Crippen LogP contribution in [-0.2, 0) is 0 Å². The first-order chi connectivity index (χ1) is 5.63. The average Bonchev–Trinajstić information content (AvgIpc) is 2.53. The van der Waals surface area contributed by atoms with Gasteiger partial charge in [0, 0.05) is 0 Å². The lowest BCUT2D eigenvalue weighted by atomic mass is 10.4. The molecule has 5 nitrogen and oxygen atoms in total. The standard InChI is InChI=1S/C4H5F2IN4O/c5-3(7)2(12)4(6)11-1-8-9-10-11/h1-4,12H. The predicted molar refractivity (Wildman–Crippen MR) is 42.9 cm³/mol. The lowest BCUT2D eigenvalue weighted by molar-refractivity contribution is 0.00399. The van der Waals surface area contributed by atoms with Gasteiger partial charge in [-0.1, -0.05) is 0 Å². The van der Waals surface area contributed by atoms with Crippen molar-refractivity contribution in [1.82, 2.24) is 20.2 Å². The summed E-state index contributed by atoms with van der Waals surface area (Å²) in [5.41, 5.74) is 0. The molecule has 0 radical (unpaired) electrons. The van der Waals surface area contributed by atoms with Crippen LogP contribution in [0.2, 0.25) is 0 Å². The van der Waals surface area contributed by atoms with Crippen LogP contribution in [0, 0.1) is 0 Å². The van der Waals surface area contributed by atoms with Gasteiger partial charge in [0.05, 0.1) is 0 Å². The van der Waals surface area contributed by atoms with Gasteiger partial charge >= 0.3 is 0 Å². The number of halogens is 3. The molecule has 0 aliphatic rings. The van der Waals surface area contributed by atoms with Crippen molar-refractivity contribution in [3.63, 3.8) is 0 Å². The fourth-order valence-electron chi connectivity index (χ4n) is 0.558. The number of aliphatic hydroxyl groups is 1. The van der Waals surface area contributed by atoms with Gasteiger partial charge in [0.1, 0.15) is 12.4 Å². The third kappa shape index (κ3) is 2.06. The zero-order valence-corrected chi connectivity index (χ0v) is 7.84. The molecule has 3 atom stereocenters. The molecule has 8 heteroatoms. The maximum atomic E-state index is 12.9. The first kappa shape index (κ1) is 9.71. The molecule has 1 heterocycles. The minimum atomic E-state index is -1.95. The second-order valence-electron chi connectivity index (χ2n) is 1.99. The van der Waals surface area contributed by atoms with Crippen LogP contribution in [0.3, 0.4) is 0 Å². The molecule has 0 bridgehead atoms. The number of aromatic nitrogens is 4. The van der Waals surface area contributed by atoms with Gasteiger partial charge in [0.2, 0.25) is 6.30 Å². The van der Waals surface area contributed by atoms with Crippen molar-refractivity contribution >= 4 is 22.6 Å². The Hall–Kier alpha value is -0.380. The monoisotopic (exact) mass is 290 g/mol. The summed E-state index contributed by atoms with van der Waals surface area (Å²) in [4.78, 5) is 0. The number of tetrazole rings is 1. The van der Waals surface area contributed by atoms with Gasteiger partial charge in [-0.2, -0.15) is 4.68 Å². The number of alkyl halides is 3. The van der Waals surface area contributed by atoms with E-state index in [1.807, 2.05) is 0 Å². The summed E-state index contributed by atoms with van der Waals surface area (Å²) in [6.45, 7) is 0. The Labute approximate surface area is 79.9 Å². The first-order valence-corrected chi connectivity index (χ1v) is 4.20. The van der Waals surface area contributed by atoms with Crippen LogP contribution >= 0.6 is 22.6 Å². The Balaban J connectivity index is 2.65. The first-order valence-electron chi connectivity index (χ1n) is 2.95. The maximum Gasteiger partial charge on any atom is 0.224 e. The lowest BCUT2D eigenvalue weighted by Gasteiger charge is -2.14. The van der Waals surface area contributed by atoms with E-state index in [0.29, 0.717) is 4.68 Å². The molecular formula is C4H5F2IN4O. The number of rotatable bonds is 3. The van der Waals surface area contributed by atoms with Crippen molar-refractivity contribution in [3.05, 3.63) is 6.33 Å². The lowest BCUT2D eigenvalue weighted by Crippen LogP contribution is -2.27. The molecule has 1 rings (SSSR count). The third-order valence-electron chi connectivity index (χ3n) is 1.16. The predicted octanol–water partition coefficient (Wildman–Crippen LogP) is 0.233. The highest BCUT2D eigenvalue weighted by atomic mass is 127. The van der Waals surface area contributed by atoms with Crippen molar-refractivity contribution in [2.45, 2.75) is 16.6 Å². The zero-order valence-electron chi connectivity index (χ0n) is 5.68. The normalized spacial score (nSPS) is 18.7. The summed E-state index contributed by atoms with van der Waals surface area (Å²) in [6.07, 6.45) is -2.74. The largest absolute Gasteiger partial charge is 0.384 e. The molecule has 0 fully saturated rings. The minimum absolute atomic E-state index is 0.649. The Bertz CT molecular complexity index is 231. The highest BCUT2D eigenvalue weighted by molar-refractivity contribution is 14.1. The van der Waals surface area contributed by atoms with Crippen LogP contribution in [-0.4, -0.2) is 35.6 Å². The van der Waals surface area contributed by atoms with Gasteiger partial charge in [-0.3, -0.25) is 0 Å². The average molecular weight is 290 g/mol. The summed E-state index contributed by atoms with van der Waals surface area (Å²) in [5, 5.41) is 18.3. The highest BCUT2D eigenvalue weighted by Crippen LogP contribution is 2.20. The molecule has 3 unspecified atom stereocenters. The molecule has 0 aliphatic heterocycles. The Kier molecular flexibility index (Phi) is 3.26. The van der Waals surface area contributed by atoms with Gasteiger partial charge in [-0.05, 0) is 33.0 Å². The van der Waals surface area contributed by atoms with E-state index < -0.39 is 16.6 Å². The van der Waals surface area contributed by atoms with E-state index in [4.69, 9.17) is 5.11 Å². The number of aliphatic hydroxyl groups excluding tert-OH is 1. The molecule has 0 saturated carbocycles. The number of hydrogen-bond acceptors (Lipinski definition) is 4. The molecule has 0 aromatic carbocycles. The van der Waals surface area contributed by atoms with Gasteiger partial charge in [0.15, 0.2) is 4.18 Å². The quantitative estimate of drug-likeness (QED) is 0.639. The second kappa shape index (κ2) is 4.03. The van der Waals surface area contributed by atoms with Crippen molar-refractivity contribution < 1.29 is 13.9 Å².